The Kier molecular flexibility index (Phi) is 2.86. The van der Waals surface area contributed by atoms with E-state index >= 15 is 0 Å². The molecule has 1 aromatic carbocycles. The lowest BCUT2D eigenvalue weighted by molar-refractivity contribution is 0.0745. The number of aliphatic hydroxyl groups excluding tert-OH is 1. The first-order valence-corrected chi connectivity index (χ1v) is 6.56. The zero-order valence-corrected chi connectivity index (χ0v) is 10.8. The fraction of sp³-hybridized carbons (Fsp3) is 0.500. The van der Waals surface area contributed by atoms with Gasteiger partial charge in [-0.25, -0.2) is 0 Å². The van der Waals surface area contributed by atoms with Crippen molar-refractivity contribution in [3.63, 3.8) is 0 Å². The first-order chi connectivity index (χ1) is 9.11. The maximum Gasteiger partial charge on any atom is 0.254 e. The summed E-state index contributed by atoms with van der Waals surface area (Å²) in [6.07, 6.45) is 1.73. The number of amides is 1. The van der Waals surface area contributed by atoms with Crippen molar-refractivity contribution < 1.29 is 19.7 Å². The molecule has 0 radical (unpaired) electrons. The lowest BCUT2D eigenvalue weighted by atomic mass is 9.96. The number of hydrogen-bond donors (Lipinski definition) is 2. The van der Waals surface area contributed by atoms with Gasteiger partial charge in [0.1, 0.15) is 11.5 Å². The summed E-state index contributed by atoms with van der Waals surface area (Å²) < 4.78 is 5.83. The maximum absolute atomic E-state index is 12.2. The summed E-state index contributed by atoms with van der Waals surface area (Å²) in [5.74, 6) is 0.659. The number of rotatable bonds is 2. The zero-order valence-electron chi connectivity index (χ0n) is 10.8. The highest BCUT2D eigenvalue weighted by molar-refractivity contribution is 6.00. The molecule has 2 aliphatic rings. The SMILES string of the molecule is C[C@@H]1CCc2c(O)cc3c(c2O1)CN(CCO)C3=O. The third-order valence-corrected chi connectivity index (χ3v) is 3.82. The van der Waals surface area contributed by atoms with E-state index in [4.69, 9.17) is 9.84 Å². The monoisotopic (exact) mass is 263 g/mol. The first kappa shape index (κ1) is 12.3. The van der Waals surface area contributed by atoms with Gasteiger partial charge < -0.3 is 19.8 Å². The summed E-state index contributed by atoms with van der Waals surface area (Å²) in [4.78, 5) is 13.7. The first-order valence-electron chi connectivity index (χ1n) is 6.56. The normalized spacial score (nSPS) is 21.1. The highest BCUT2D eigenvalue weighted by Crippen LogP contribution is 2.42. The van der Waals surface area contributed by atoms with E-state index in [0.717, 1.165) is 24.0 Å². The summed E-state index contributed by atoms with van der Waals surface area (Å²) in [6.45, 7) is 2.68. The quantitative estimate of drug-likeness (QED) is 0.837. The molecule has 0 unspecified atom stereocenters. The number of aromatic hydroxyl groups is 1. The van der Waals surface area contributed by atoms with E-state index in [2.05, 4.69) is 0 Å². The van der Waals surface area contributed by atoms with Crippen LogP contribution < -0.4 is 4.74 Å². The van der Waals surface area contributed by atoms with Gasteiger partial charge in [-0.2, -0.15) is 0 Å². The number of hydrogen-bond acceptors (Lipinski definition) is 4. The van der Waals surface area contributed by atoms with E-state index in [1.54, 1.807) is 4.90 Å². The maximum atomic E-state index is 12.2. The fourth-order valence-electron chi connectivity index (χ4n) is 2.81. The van der Waals surface area contributed by atoms with Crippen molar-refractivity contribution in [3.05, 3.63) is 22.8 Å². The number of ether oxygens (including phenoxy) is 1. The Bertz CT molecular complexity index is 541. The standard InChI is InChI=1S/C14H17NO4/c1-8-2-3-9-12(17)6-10-11(13(9)19-8)7-15(4-5-16)14(10)18/h6,8,16-17H,2-5,7H2,1H3/t8-/m1/s1. The molecule has 2 heterocycles. The Hall–Kier alpha value is -1.75. The van der Waals surface area contributed by atoms with E-state index in [1.807, 2.05) is 6.92 Å². The molecule has 0 aromatic heterocycles. The van der Waals surface area contributed by atoms with Gasteiger partial charge in [-0.15, -0.1) is 0 Å². The Morgan fingerprint density at radius 3 is 3.00 bits per heavy atom. The van der Waals surface area contributed by atoms with Crippen molar-refractivity contribution in [2.75, 3.05) is 13.2 Å². The van der Waals surface area contributed by atoms with Gasteiger partial charge >= 0.3 is 0 Å². The highest BCUT2D eigenvalue weighted by atomic mass is 16.5. The molecule has 19 heavy (non-hydrogen) atoms. The molecule has 1 amide bonds. The van der Waals surface area contributed by atoms with Gasteiger partial charge in [0.25, 0.3) is 5.91 Å². The second-order valence-electron chi connectivity index (χ2n) is 5.15. The van der Waals surface area contributed by atoms with Crippen LogP contribution in [0.1, 0.15) is 34.8 Å². The third kappa shape index (κ3) is 1.85. The van der Waals surface area contributed by atoms with E-state index < -0.39 is 0 Å². The molecule has 1 atom stereocenters. The number of aliphatic hydroxyl groups is 1. The minimum absolute atomic E-state index is 0.0643. The van der Waals surface area contributed by atoms with Crippen LogP contribution >= 0.6 is 0 Å². The van der Waals surface area contributed by atoms with Gasteiger partial charge in [-0.3, -0.25) is 4.79 Å². The number of fused-ring (bicyclic) bond motifs is 3. The van der Waals surface area contributed by atoms with Crippen molar-refractivity contribution in [2.24, 2.45) is 0 Å². The van der Waals surface area contributed by atoms with E-state index in [9.17, 15) is 9.90 Å². The summed E-state index contributed by atoms with van der Waals surface area (Å²) in [6, 6.07) is 1.53. The average Bonchev–Trinajstić information content (AvgIpc) is 2.68. The summed E-state index contributed by atoms with van der Waals surface area (Å²) in [7, 11) is 0. The molecular weight excluding hydrogens is 246 g/mol. The molecule has 5 heteroatoms. The molecule has 0 aliphatic carbocycles. The van der Waals surface area contributed by atoms with Crippen molar-refractivity contribution in [3.8, 4) is 11.5 Å². The van der Waals surface area contributed by atoms with Gasteiger partial charge in [-0.1, -0.05) is 0 Å². The molecule has 0 fully saturated rings. The Morgan fingerprint density at radius 1 is 1.47 bits per heavy atom. The smallest absolute Gasteiger partial charge is 0.254 e. The van der Waals surface area contributed by atoms with E-state index in [-0.39, 0.29) is 24.4 Å². The molecule has 0 bridgehead atoms. The van der Waals surface area contributed by atoms with Crippen LogP contribution in [0.25, 0.3) is 0 Å². The van der Waals surface area contributed by atoms with E-state index in [1.165, 1.54) is 6.07 Å². The van der Waals surface area contributed by atoms with Crippen LogP contribution in [0.4, 0.5) is 0 Å². The second-order valence-corrected chi connectivity index (χ2v) is 5.15. The Balaban J connectivity index is 2.07. The third-order valence-electron chi connectivity index (χ3n) is 3.82. The topological polar surface area (TPSA) is 70.0 Å². The number of phenols is 1. The van der Waals surface area contributed by atoms with Crippen LogP contribution in [0.3, 0.4) is 0 Å². The van der Waals surface area contributed by atoms with Crippen LogP contribution in [0, 0.1) is 0 Å². The van der Waals surface area contributed by atoms with Gasteiger partial charge in [0.05, 0.1) is 24.8 Å². The number of nitrogens with zero attached hydrogens (tertiary/aromatic N) is 1. The zero-order chi connectivity index (χ0) is 13.6. The van der Waals surface area contributed by atoms with Crippen LogP contribution in [0.15, 0.2) is 6.07 Å². The van der Waals surface area contributed by atoms with Gasteiger partial charge in [0.2, 0.25) is 0 Å². The molecule has 0 saturated heterocycles. The number of carbonyl (C=O) groups excluding carboxylic acids is 1. The van der Waals surface area contributed by atoms with Gasteiger partial charge in [0.15, 0.2) is 0 Å². The average molecular weight is 263 g/mol. The van der Waals surface area contributed by atoms with Crippen molar-refractivity contribution in [1.29, 1.82) is 0 Å². The van der Waals surface area contributed by atoms with Gasteiger partial charge in [-0.05, 0) is 25.8 Å². The predicted octanol–water partition coefficient (Wildman–Crippen LogP) is 1.05. The van der Waals surface area contributed by atoms with Crippen LogP contribution in [0.2, 0.25) is 0 Å². The molecule has 5 nitrogen and oxygen atoms in total. The molecule has 0 spiro atoms. The second kappa shape index (κ2) is 4.42. The Labute approximate surface area is 111 Å². The largest absolute Gasteiger partial charge is 0.508 e. The molecule has 0 saturated carbocycles. The minimum Gasteiger partial charge on any atom is -0.508 e. The number of phenolic OH excluding ortho intramolecular Hbond substituents is 1. The van der Waals surface area contributed by atoms with Crippen molar-refractivity contribution in [2.45, 2.75) is 32.4 Å². The van der Waals surface area contributed by atoms with Crippen LogP contribution in [-0.4, -0.2) is 40.3 Å². The summed E-state index contributed by atoms with van der Waals surface area (Å²) in [5, 5.41) is 19.0. The number of benzene rings is 1. The lowest BCUT2D eigenvalue weighted by Gasteiger charge is -2.26. The molecule has 3 rings (SSSR count). The van der Waals surface area contributed by atoms with Crippen LogP contribution in [-0.2, 0) is 13.0 Å². The predicted molar refractivity (Wildman–Crippen MR) is 68.3 cm³/mol. The van der Waals surface area contributed by atoms with Crippen molar-refractivity contribution in [1.82, 2.24) is 4.90 Å². The van der Waals surface area contributed by atoms with Gasteiger partial charge in [0, 0.05) is 17.7 Å². The minimum atomic E-state index is -0.149. The fourth-order valence-corrected chi connectivity index (χ4v) is 2.81. The summed E-state index contributed by atoms with van der Waals surface area (Å²) in [5.41, 5.74) is 2.15. The molecule has 2 N–H and O–H groups in total. The van der Waals surface area contributed by atoms with E-state index in [0.29, 0.717) is 24.4 Å². The Morgan fingerprint density at radius 2 is 2.26 bits per heavy atom. The molecule has 1 aromatic rings. The lowest BCUT2D eigenvalue weighted by Crippen LogP contribution is -2.26. The highest BCUT2D eigenvalue weighted by Gasteiger charge is 2.34. The molecule has 2 aliphatic heterocycles. The number of β-amino-alcohol motifs (C(OH)–C–C–N with tert-alkyl or cyclic N) is 1. The summed E-state index contributed by atoms with van der Waals surface area (Å²) >= 11 is 0. The number of carbonyl (C=O) groups is 1. The molecule has 102 valence electrons. The molecular formula is C14H17NO4. The van der Waals surface area contributed by atoms with Crippen LogP contribution in [0.5, 0.6) is 11.5 Å². The van der Waals surface area contributed by atoms with Crippen molar-refractivity contribution >= 4 is 5.91 Å².